The number of sulfone groups is 1. The minimum Gasteiger partial charge on any atom is -0.507 e. The van der Waals surface area contributed by atoms with E-state index in [9.17, 15) is 59.4 Å². The summed E-state index contributed by atoms with van der Waals surface area (Å²) in [6, 6.07) is 13.5. The third-order valence-corrected chi connectivity index (χ3v) is 9.25. The standard InChI is InChI=1S/C31H21F7N2O5S/c32-22-11-13-23(14-12-22)46(44,45)27(18-5-6-19(16-39)25(15-18)31(36,37)38)29(43,20-7-9-21(10-8-20)30(33,34)35)17-40-28(42)24-3-1-2-4-26(24)41/h1-15,27,41,43H,17H2,(H,40,42). The van der Waals surface area contributed by atoms with Gasteiger partial charge in [0.2, 0.25) is 0 Å². The molecule has 0 bridgehead atoms. The number of hydrogen-bond acceptors (Lipinski definition) is 6. The summed E-state index contributed by atoms with van der Waals surface area (Å²) >= 11 is 0. The number of nitrogens with one attached hydrogen (secondary N) is 1. The predicted octanol–water partition coefficient (Wildman–Crippen LogP) is 6.27. The molecule has 1 amide bonds. The van der Waals surface area contributed by atoms with Gasteiger partial charge in [-0.3, -0.25) is 4.79 Å². The lowest BCUT2D eigenvalue weighted by Gasteiger charge is -2.37. The molecule has 2 atom stereocenters. The van der Waals surface area contributed by atoms with Crippen molar-refractivity contribution in [2.24, 2.45) is 0 Å². The van der Waals surface area contributed by atoms with E-state index in [-0.39, 0.29) is 5.56 Å². The summed E-state index contributed by atoms with van der Waals surface area (Å²) in [6.45, 7) is -1.14. The average molecular weight is 667 g/mol. The molecule has 0 heterocycles. The molecule has 0 aromatic heterocycles. The SMILES string of the molecule is N#Cc1ccc(C(C(O)(CNC(=O)c2ccccc2O)c2ccc(C(F)(F)F)cc2)S(=O)(=O)c2ccc(F)cc2)cc1C(F)(F)F. The Morgan fingerprint density at radius 1 is 0.848 bits per heavy atom. The maximum absolute atomic E-state index is 14.2. The van der Waals surface area contributed by atoms with Crippen molar-refractivity contribution in [3.63, 3.8) is 0 Å². The van der Waals surface area contributed by atoms with Crippen LogP contribution in [0.15, 0.2) is 95.9 Å². The van der Waals surface area contributed by atoms with Gasteiger partial charge in [0.25, 0.3) is 5.91 Å². The van der Waals surface area contributed by atoms with Crippen molar-refractivity contribution in [3.05, 3.63) is 130 Å². The molecule has 3 N–H and O–H groups in total. The van der Waals surface area contributed by atoms with Gasteiger partial charge in [-0.05, 0) is 71.8 Å². The third-order valence-electron chi connectivity index (χ3n) is 7.04. The molecule has 0 fully saturated rings. The fraction of sp³-hybridized carbons (Fsp3) is 0.161. The Balaban J connectivity index is 2.01. The van der Waals surface area contributed by atoms with Gasteiger partial charge in [0.1, 0.15) is 22.4 Å². The number of rotatable bonds is 8. The Hall–Kier alpha value is -4.94. The summed E-state index contributed by atoms with van der Waals surface area (Å²) in [5.41, 5.74) is -8.43. The largest absolute Gasteiger partial charge is 0.507 e. The van der Waals surface area contributed by atoms with Crippen LogP contribution in [0.4, 0.5) is 30.7 Å². The summed E-state index contributed by atoms with van der Waals surface area (Å²) in [7, 11) is -5.11. The topological polar surface area (TPSA) is 127 Å². The van der Waals surface area contributed by atoms with E-state index in [2.05, 4.69) is 5.32 Å². The van der Waals surface area contributed by atoms with E-state index >= 15 is 0 Å². The number of phenolic OH excluding ortho intramolecular Hbond substituents is 1. The van der Waals surface area contributed by atoms with Gasteiger partial charge in [-0.2, -0.15) is 31.6 Å². The van der Waals surface area contributed by atoms with Crippen LogP contribution in [0.2, 0.25) is 0 Å². The molecule has 0 radical (unpaired) electrons. The fourth-order valence-corrected chi connectivity index (χ4v) is 6.82. The first kappa shape index (κ1) is 33.9. The van der Waals surface area contributed by atoms with Gasteiger partial charge >= 0.3 is 12.4 Å². The van der Waals surface area contributed by atoms with Crippen LogP contribution in [0.5, 0.6) is 5.75 Å². The number of phenols is 1. The van der Waals surface area contributed by atoms with E-state index in [4.69, 9.17) is 0 Å². The van der Waals surface area contributed by atoms with Crippen molar-refractivity contribution in [1.82, 2.24) is 5.32 Å². The van der Waals surface area contributed by atoms with Gasteiger partial charge in [-0.15, -0.1) is 0 Å². The number of halogens is 7. The number of carbonyl (C=O) groups excluding carboxylic acids is 1. The average Bonchev–Trinajstić information content (AvgIpc) is 2.99. The van der Waals surface area contributed by atoms with E-state index in [1.165, 1.54) is 18.2 Å². The van der Waals surface area contributed by atoms with Crippen LogP contribution in [0, 0.1) is 17.1 Å². The minimum absolute atomic E-state index is 0.296. The number of amides is 1. The van der Waals surface area contributed by atoms with Gasteiger partial charge in [0.05, 0.1) is 39.8 Å². The van der Waals surface area contributed by atoms with Crippen molar-refractivity contribution < 1.29 is 54.2 Å². The van der Waals surface area contributed by atoms with E-state index in [1.54, 1.807) is 0 Å². The highest BCUT2D eigenvalue weighted by Crippen LogP contribution is 2.46. The second kappa shape index (κ2) is 12.5. The molecule has 0 saturated heterocycles. The molecule has 7 nitrogen and oxygen atoms in total. The number of alkyl halides is 6. The monoisotopic (exact) mass is 666 g/mol. The molecular formula is C31H21F7N2O5S. The van der Waals surface area contributed by atoms with E-state index in [0.29, 0.717) is 36.4 Å². The third kappa shape index (κ3) is 6.82. The van der Waals surface area contributed by atoms with Crippen molar-refractivity contribution in [2.75, 3.05) is 6.54 Å². The molecule has 240 valence electrons. The second-order valence-corrected chi connectivity index (χ2v) is 12.0. The quantitative estimate of drug-likeness (QED) is 0.150. The number of aliphatic hydroxyl groups is 1. The van der Waals surface area contributed by atoms with E-state index in [1.807, 2.05) is 0 Å². The number of carbonyl (C=O) groups is 1. The minimum atomic E-state index is -5.20. The Morgan fingerprint density at radius 2 is 1.43 bits per heavy atom. The second-order valence-electron chi connectivity index (χ2n) is 9.99. The van der Waals surface area contributed by atoms with Gasteiger partial charge in [0, 0.05) is 0 Å². The molecular weight excluding hydrogens is 645 g/mol. The molecule has 4 aromatic rings. The Bertz CT molecular complexity index is 1900. The number of aromatic hydroxyl groups is 1. The molecule has 0 aliphatic carbocycles. The maximum atomic E-state index is 14.2. The van der Waals surface area contributed by atoms with Crippen LogP contribution in [0.25, 0.3) is 0 Å². The zero-order valence-electron chi connectivity index (χ0n) is 23.1. The zero-order valence-corrected chi connectivity index (χ0v) is 23.9. The van der Waals surface area contributed by atoms with Gasteiger partial charge in [-0.1, -0.05) is 30.3 Å². The Kier molecular flexibility index (Phi) is 9.19. The van der Waals surface area contributed by atoms with Crippen molar-refractivity contribution >= 4 is 15.7 Å². The summed E-state index contributed by atoms with van der Waals surface area (Å²) in [4.78, 5) is 12.3. The van der Waals surface area contributed by atoms with Gasteiger partial charge in [0.15, 0.2) is 9.84 Å². The first-order valence-electron chi connectivity index (χ1n) is 13.0. The molecule has 15 heteroatoms. The molecule has 2 unspecified atom stereocenters. The van der Waals surface area contributed by atoms with Crippen LogP contribution in [-0.2, 0) is 27.8 Å². The molecule has 4 rings (SSSR count). The van der Waals surface area contributed by atoms with Crippen LogP contribution < -0.4 is 5.32 Å². The van der Waals surface area contributed by atoms with E-state index < -0.39 is 89.8 Å². The van der Waals surface area contributed by atoms with Crippen LogP contribution >= 0.6 is 0 Å². The van der Waals surface area contributed by atoms with Crippen LogP contribution in [-0.4, -0.2) is 31.1 Å². The summed E-state index contributed by atoms with van der Waals surface area (Å²) in [6.07, 6.45) is -10.1. The number of benzene rings is 4. The molecule has 0 spiro atoms. The first-order chi connectivity index (χ1) is 21.4. The lowest BCUT2D eigenvalue weighted by atomic mass is 9.85. The Labute approximate surface area is 257 Å². The zero-order chi connectivity index (χ0) is 34.1. The molecule has 4 aromatic carbocycles. The summed E-state index contributed by atoms with van der Waals surface area (Å²) < 4.78 is 124. The maximum Gasteiger partial charge on any atom is 0.417 e. The molecule has 46 heavy (non-hydrogen) atoms. The van der Waals surface area contributed by atoms with Crippen molar-refractivity contribution in [2.45, 2.75) is 28.1 Å². The Morgan fingerprint density at radius 3 is 1.98 bits per heavy atom. The van der Waals surface area contributed by atoms with Crippen LogP contribution in [0.1, 0.15) is 43.4 Å². The smallest absolute Gasteiger partial charge is 0.417 e. The summed E-state index contributed by atoms with van der Waals surface area (Å²) in [5, 5.41) is 31.3. The highest BCUT2D eigenvalue weighted by Gasteiger charge is 2.49. The van der Waals surface area contributed by atoms with Crippen molar-refractivity contribution in [1.29, 1.82) is 5.26 Å². The number of para-hydroxylation sites is 1. The van der Waals surface area contributed by atoms with Crippen molar-refractivity contribution in [3.8, 4) is 11.8 Å². The molecule has 0 saturated carbocycles. The van der Waals surface area contributed by atoms with Gasteiger partial charge in [-0.25, -0.2) is 12.8 Å². The highest BCUT2D eigenvalue weighted by molar-refractivity contribution is 7.91. The molecule has 0 aliphatic rings. The van der Waals surface area contributed by atoms with Gasteiger partial charge < -0.3 is 15.5 Å². The first-order valence-corrected chi connectivity index (χ1v) is 14.5. The fourth-order valence-electron chi connectivity index (χ4n) is 4.80. The number of nitriles is 1. The van der Waals surface area contributed by atoms with Crippen LogP contribution in [0.3, 0.4) is 0 Å². The number of hydrogen-bond donors (Lipinski definition) is 3. The summed E-state index contributed by atoms with van der Waals surface area (Å²) in [5.74, 6) is -2.51. The lowest BCUT2D eigenvalue weighted by molar-refractivity contribution is -0.138. The number of nitrogens with zero attached hydrogens (tertiary/aromatic N) is 1. The lowest BCUT2D eigenvalue weighted by Crippen LogP contribution is -2.47. The van der Waals surface area contributed by atoms with E-state index in [0.717, 1.165) is 42.5 Å². The normalized spacial score (nSPS) is 14.2. The highest BCUT2D eigenvalue weighted by atomic mass is 32.2. The predicted molar refractivity (Wildman–Crippen MR) is 148 cm³/mol. The molecule has 0 aliphatic heterocycles.